The minimum atomic E-state index is -0.0186. The van der Waals surface area contributed by atoms with Crippen LogP contribution < -0.4 is 0 Å². The number of thioether (sulfide) groups is 1. The van der Waals surface area contributed by atoms with E-state index in [2.05, 4.69) is 37.0 Å². The molecule has 1 aliphatic heterocycles. The van der Waals surface area contributed by atoms with E-state index in [0.29, 0.717) is 11.5 Å². The Kier molecular flexibility index (Phi) is 5.31. The summed E-state index contributed by atoms with van der Waals surface area (Å²) < 4.78 is 7.85. The van der Waals surface area contributed by atoms with Crippen LogP contribution >= 0.6 is 11.8 Å². The molecule has 0 spiro atoms. The Morgan fingerprint density at radius 3 is 2.75 bits per heavy atom. The zero-order valence-electron chi connectivity index (χ0n) is 16.5. The molecule has 1 fully saturated rings. The van der Waals surface area contributed by atoms with Crippen molar-refractivity contribution < 1.29 is 9.21 Å². The molecule has 6 heteroatoms. The van der Waals surface area contributed by atoms with Crippen LogP contribution in [0.15, 0.2) is 52.3 Å². The number of imidazole rings is 1. The summed E-state index contributed by atoms with van der Waals surface area (Å²) in [5, 5.41) is 0.929. The average Bonchev–Trinajstić information content (AvgIpc) is 3.39. The van der Waals surface area contributed by atoms with Gasteiger partial charge in [0.15, 0.2) is 10.9 Å². The molecule has 0 radical (unpaired) electrons. The zero-order valence-corrected chi connectivity index (χ0v) is 17.3. The van der Waals surface area contributed by atoms with Crippen molar-refractivity contribution in [3.8, 4) is 0 Å². The number of rotatable bonds is 5. The molecule has 28 heavy (non-hydrogen) atoms. The van der Waals surface area contributed by atoms with Gasteiger partial charge in [0.1, 0.15) is 5.76 Å². The number of hydrogen-bond donors (Lipinski definition) is 0. The third kappa shape index (κ3) is 3.87. The molecular weight excluding hydrogens is 370 g/mol. The number of aryl methyl sites for hydroxylation is 3. The molecule has 1 unspecified atom stereocenters. The Labute approximate surface area is 169 Å². The molecule has 1 saturated heterocycles. The van der Waals surface area contributed by atoms with Crippen LogP contribution in [0.3, 0.4) is 0 Å². The number of nitrogens with zero attached hydrogens (tertiary/aromatic N) is 3. The minimum absolute atomic E-state index is 0.0186. The lowest BCUT2D eigenvalue weighted by Gasteiger charge is -2.25. The second-order valence-corrected chi connectivity index (χ2v) is 8.40. The molecule has 4 rings (SSSR count). The summed E-state index contributed by atoms with van der Waals surface area (Å²) >= 11 is 1.60. The van der Waals surface area contributed by atoms with E-state index < -0.39 is 0 Å². The van der Waals surface area contributed by atoms with Gasteiger partial charge in [-0.1, -0.05) is 41.1 Å². The van der Waals surface area contributed by atoms with Gasteiger partial charge in [-0.3, -0.25) is 4.79 Å². The predicted molar refractivity (Wildman–Crippen MR) is 110 cm³/mol. The van der Waals surface area contributed by atoms with Crippen LogP contribution in [0.1, 0.15) is 51.9 Å². The van der Waals surface area contributed by atoms with Crippen molar-refractivity contribution >= 4 is 17.7 Å². The first-order valence-corrected chi connectivity index (χ1v) is 10.6. The predicted octanol–water partition coefficient (Wildman–Crippen LogP) is 4.90. The SMILES string of the molecule is Cc1cc(C)cc(C2CCCN2C(=O)c2ccc(CSc3nccn3C)o2)c1. The molecule has 2 aromatic heterocycles. The van der Waals surface area contributed by atoms with Gasteiger partial charge in [-0.05, 0) is 44.4 Å². The molecule has 1 aliphatic rings. The van der Waals surface area contributed by atoms with E-state index in [0.717, 1.165) is 30.3 Å². The van der Waals surface area contributed by atoms with Gasteiger partial charge < -0.3 is 13.9 Å². The summed E-state index contributed by atoms with van der Waals surface area (Å²) in [6.45, 7) is 4.99. The van der Waals surface area contributed by atoms with Crippen LogP contribution in [-0.2, 0) is 12.8 Å². The van der Waals surface area contributed by atoms with Crippen molar-refractivity contribution in [3.05, 3.63) is 70.9 Å². The quantitative estimate of drug-likeness (QED) is 0.577. The highest BCUT2D eigenvalue weighted by Crippen LogP contribution is 2.34. The Bertz CT molecular complexity index is 971. The minimum Gasteiger partial charge on any atom is -0.455 e. The summed E-state index contributed by atoms with van der Waals surface area (Å²) in [5.41, 5.74) is 3.70. The van der Waals surface area contributed by atoms with Crippen LogP contribution in [-0.4, -0.2) is 26.9 Å². The molecule has 1 aromatic carbocycles. The summed E-state index contributed by atoms with van der Waals surface area (Å²) in [6.07, 6.45) is 5.71. The maximum Gasteiger partial charge on any atom is 0.290 e. The van der Waals surface area contributed by atoms with Gasteiger partial charge >= 0.3 is 0 Å². The lowest BCUT2D eigenvalue weighted by Crippen LogP contribution is -2.30. The molecule has 5 nitrogen and oxygen atoms in total. The summed E-state index contributed by atoms with van der Waals surface area (Å²) in [6, 6.07) is 10.4. The molecule has 3 heterocycles. The van der Waals surface area contributed by atoms with Crippen molar-refractivity contribution in [2.45, 2.75) is 43.6 Å². The van der Waals surface area contributed by atoms with Crippen LogP contribution in [0.25, 0.3) is 0 Å². The normalized spacial score (nSPS) is 16.7. The molecule has 0 N–H and O–H groups in total. The van der Waals surface area contributed by atoms with Gasteiger partial charge in [0.05, 0.1) is 11.8 Å². The molecule has 0 saturated carbocycles. The van der Waals surface area contributed by atoms with Gasteiger partial charge in [0.25, 0.3) is 5.91 Å². The van der Waals surface area contributed by atoms with E-state index >= 15 is 0 Å². The second-order valence-electron chi connectivity index (χ2n) is 7.45. The van der Waals surface area contributed by atoms with E-state index in [1.165, 1.54) is 16.7 Å². The first-order chi connectivity index (χ1) is 13.5. The van der Waals surface area contributed by atoms with Crippen LogP contribution in [0.2, 0.25) is 0 Å². The summed E-state index contributed by atoms with van der Waals surface area (Å²) in [5.74, 6) is 1.85. The number of carbonyl (C=O) groups is 1. The number of carbonyl (C=O) groups excluding carboxylic acids is 1. The van der Waals surface area contributed by atoms with Crippen molar-refractivity contribution in [2.75, 3.05) is 6.54 Å². The number of benzene rings is 1. The Morgan fingerprint density at radius 2 is 2.04 bits per heavy atom. The van der Waals surface area contributed by atoms with Crippen LogP contribution in [0.4, 0.5) is 0 Å². The fourth-order valence-corrected chi connectivity index (χ4v) is 4.72. The summed E-state index contributed by atoms with van der Waals surface area (Å²) in [4.78, 5) is 19.4. The number of amides is 1. The standard InChI is InChI=1S/C22H25N3O2S/c1-15-11-16(2)13-17(12-15)19-5-4-9-25(19)21(26)20-7-6-18(27-20)14-28-22-23-8-10-24(22)3/h6-8,10-13,19H,4-5,9,14H2,1-3H3. The smallest absolute Gasteiger partial charge is 0.290 e. The number of aromatic nitrogens is 2. The molecule has 1 amide bonds. The molecular formula is C22H25N3O2S. The Balaban J connectivity index is 1.47. The third-order valence-corrected chi connectivity index (χ3v) is 6.22. The van der Waals surface area contributed by atoms with Crippen LogP contribution in [0, 0.1) is 13.8 Å². The number of furan rings is 1. The number of hydrogen-bond acceptors (Lipinski definition) is 4. The lowest BCUT2D eigenvalue weighted by molar-refractivity contribution is 0.0701. The maximum absolute atomic E-state index is 13.1. The van der Waals surface area contributed by atoms with E-state index in [4.69, 9.17) is 4.42 Å². The summed E-state index contributed by atoms with van der Waals surface area (Å²) in [7, 11) is 1.97. The van der Waals surface area contributed by atoms with Crippen molar-refractivity contribution in [2.24, 2.45) is 7.05 Å². The van der Waals surface area contributed by atoms with E-state index in [-0.39, 0.29) is 11.9 Å². The topological polar surface area (TPSA) is 51.3 Å². The van der Waals surface area contributed by atoms with E-state index in [9.17, 15) is 4.79 Å². The molecule has 3 aromatic rings. The highest BCUT2D eigenvalue weighted by atomic mass is 32.2. The second kappa shape index (κ2) is 7.87. The Morgan fingerprint density at radius 1 is 1.25 bits per heavy atom. The van der Waals surface area contributed by atoms with Crippen molar-refractivity contribution in [1.82, 2.24) is 14.5 Å². The van der Waals surface area contributed by atoms with Gasteiger partial charge in [0.2, 0.25) is 0 Å². The largest absolute Gasteiger partial charge is 0.455 e. The zero-order chi connectivity index (χ0) is 19.7. The van der Waals surface area contributed by atoms with E-state index in [1.54, 1.807) is 24.0 Å². The molecule has 0 bridgehead atoms. The van der Waals surface area contributed by atoms with Crippen LogP contribution in [0.5, 0.6) is 0 Å². The molecule has 146 valence electrons. The number of likely N-dealkylation sites (tertiary alicyclic amines) is 1. The maximum atomic E-state index is 13.1. The fourth-order valence-electron chi connectivity index (χ4n) is 3.90. The lowest BCUT2D eigenvalue weighted by atomic mass is 9.99. The van der Waals surface area contributed by atoms with Gasteiger partial charge in [-0.25, -0.2) is 4.98 Å². The van der Waals surface area contributed by atoms with E-state index in [1.807, 2.05) is 28.8 Å². The first kappa shape index (κ1) is 18.9. The van der Waals surface area contributed by atoms with Gasteiger partial charge in [-0.2, -0.15) is 0 Å². The average molecular weight is 396 g/mol. The highest BCUT2D eigenvalue weighted by Gasteiger charge is 2.32. The van der Waals surface area contributed by atoms with Crippen molar-refractivity contribution in [1.29, 1.82) is 0 Å². The van der Waals surface area contributed by atoms with Gasteiger partial charge in [0, 0.05) is 26.0 Å². The molecule has 0 aliphatic carbocycles. The molecule has 1 atom stereocenters. The third-order valence-electron chi connectivity index (χ3n) is 5.14. The monoisotopic (exact) mass is 395 g/mol. The first-order valence-electron chi connectivity index (χ1n) is 9.59. The van der Waals surface area contributed by atoms with Crippen molar-refractivity contribution in [3.63, 3.8) is 0 Å². The Hall–Kier alpha value is -2.47. The highest BCUT2D eigenvalue weighted by molar-refractivity contribution is 7.98. The van der Waals surface area contributed by atoms with Gasteiger partial charge in [-0.15, -0.1) is 0 Å². The fraction of sp³-hybridized carbons (Fsp3) is 0.364.